The lowest BCUT2D eigenvalue weighted by molar-refractivity contribution is 0.568. The fourth-order valence-electron chi connectivity index (χ4n) is 1.27. The second kappa shape index (κ2) is 5.81. The Bertz CT molecular complexity index is 180. The van der Waals surface area contributed by atoms with Crippen molar-refractivity contribution in [3.63, 3.8) is 0 Å². The Hall–Kier alpha value is -0.790. The molecule has 2 nitrogen and oxygen atoms in total. The van der Waals surface area contributed by atoms with Gasteiger partial charge in [0.2, 0.25) is 0 Å². The summed E-state index contributed by atoms with van der Waals surface area (Å²) in [6.45, 7) is 3.34. The summed E-state index contributed by atoms with van der Waals surface area (Å²) in [5, 5.41) is 0. The number of hydrogen-bond acceptors (Lipinski definition) is 1. The van der Waals surface area contributed by atoms with E-state index in [4.69, 9.17) is 0 Å². The summed E-state index contributed by atoms with van der Waals surface area (Å²) in [6.07, 6.45) is 13.2. The fraction of sp³-hybridized carbons (Fsp3) is 0.700. The zero-order valence-corrected chi connectivity index (χ0v) is 7.79. The molecule has 0 atom stereocenters. The first kappa shape index (κ1) is 9.30. The van der Waals surface area contributed by atoms with Crippen molar-refractivity contribution in [2.75, 3.05) is 0 Å². The number of rotatable bonds is 6. The molecule has 0 saturated carbocycles. The third-order valence-electron chi connectivity index (χ3n) is 2.02. The molecule has 0 aliphatic carbocycles. The highest BCUT2D eigenvalue weighted by Crippen LogP contribution is 2.03. The van der Waals surface area contributed by atoms with E-state index in [0.717, 1.165) is 6.54 Å². The molecule has 0 fully saturated rings. The smallest absolute Gasteiger partial charge is 0.108 e. The van der Waals surface area contributed by atoms with Gasteiger partial charge in [0.25, 0.3) is 0 Å². The van der Waals surface area contributed by atoms with Gasteiger partial charge in [-0.15, -0.1) is 0 Å². The zero-order chi connectivity index (χ0) is 8.65. The predicted molar refractivity (Wildman–Crippen MR) is 49.8 cm³/mol. The molecule has 2 heteroatoms. The molecular weight excluding hydrogens is 148 g/mol. The Morgan fingerprint density at radius 3 is 2.75 bits per heavy atom. The standard InChI is InChI=1S/C10H17N2/c1-2-3-4-5-6-8-12-9-7-11-10-12/h9-10H,2-6,8H2,1H3. The Balaban J connectivity index is 1.96. The van der Waals surface area contributed by atoms with E-state index in [1.165, 1.54) is 32.1 Å². The molecule has 1 rings (SSSR count). The van der Waals surface area contributed by atoms with Crippen LogP contribution in [0.4, 0.5) is 0 Å². The molecule has 0 spiro atoms. The molecule has 0 saturated heterocycles. The first-order valence-corrected chi connectivity index (χ1v) is 4.81. The number of nitrogens with zero attached hydrogens (tertiary/aromatic N) is 2. The summed E-state index contributed by atoms with van der Waals surface area (Å²) in [4.78, 5) is 3.88. The lowest BCUT2D eigenvalue weighted by Crippen LogP contribution is -1.93. The summed E-state index contributed by atoms with van der Waals surface area (Å²) in [5.41, 5.74) is 0. The topological polar surface area (TPSA) is 17.8 Å². The summed E-state index contributed by atoms with van der Waals surface area (Å²) >= 11 is 0. The van der Waals surface area contributed by atoms with Crippen molar-refractivity contribution in [1.82, 2.24) is 9.55 Å². The Kier molecular flexibility index (Phi) is 4.50. The molecule has 1 aromatic rings. The van der Waals surface area contributed by atoms with Gasteiger partial charge in [-0.05, 0) is 6.42 Å². The Morgan fingerprint density at radius 2 is 2.08 bits per heavy atom. The fourth-order valence-corrected chi connectivity index (χ4v) is 1.27. The van der Waals surface area contributed by atoms with Crippen LogP contribution in [0.25, 0.3) is 0 Å². The van der Waals surface area contributed by atoms with Crippen molar-refractivity contribution in [3.8, 4) is 0 Å². The summed E-state index contributed by atoms with van der Waals surface area (Å²) in [5.74, 6) is 0. The number of imidazole rings is 1. The maximum atomic E-state index is 3.88. The minimum absolute atomic E-state index is 1.10. The monoisotopic (exact) mass is 165 g/mol. The quantitative estimate of drug-likeness (QED) is 0.592. The zero-order valence-electron chi connectivity index (χ0n) is 7.79. The van der Waals surface area contributed by atoms with Crippen molar-refractivity contribution < 1.29 is 0 Å². The molecule has 0 amide bonds. The number of aromatic nitrogens is 2. The van der Waals surface area contributed by atoms with Crippen LogP contribution in [0.5, 0.6) is 0 Å². The van der Waals surface area contributed by atoms with E-state index in [2.05, 4.69) is 22.7 Å². The van der Waals surface area contributed by atoms with Crippen molar-refractivity contribution in [2.45, 2.75) is 45.6 Å². The molecule has 0 aliphatic rings. The summed E-state index contributed by atoms with van der Waals surface area (Å²) in [6, 6.07) is 0. The van der Waals surface area contributed by atoms with Crippen LogP contribution in [0.1, 0.15) is 39.0 Å². The van der Waals surface area contributed by atoms with Gasteiger partial charge in [-0.1, -0.05) is 32.6 Å². The first-order chi connectivity index (χ1) is 5.93. The van der Waals surface area contributed by atoms with Crippen LogP contribution >= 0.6 is 0 Å². The average molecular weight is 165 g/mol. The van der Waals surface area contributed by atoms with Gasteiger partial charge in [-0.3, -0.25) is 0 Å². The molecule has 0 aromatic carbocycles. The SMILES string of the molecule is CCCCCCCn1c[c]nc1. The van der Waals surface area contributed by atoms with E-state index in [9.17, 15) is 0 Å². The maximum Gasteiger partial charge on any atom is 0.108 e. The van der Waals surface area contributed by atoms with Crippen LogP contribution in [0, 0.1) is 6.20 Å². The van der Waals surface area contributed by atoms with Gasteiger partial charge in [0.05, 0.1) is 6.33 Å². The molecule has 0 N–H and O–H groups in total. The van der Waals surface area contributed by atoms with E-state index in [1.807, 2.05) is 12.5 Å². The largest absolute Gasteiger partial charge is 0.337 e. The first-order valence-electron chi connectivity index (χ1n) is 4.81. The second-order valence-electron chi connectivity index (χ2n) is 3.15. The van der Waals surface area contributed by atoms with Crippen LogP contribution in [-0.4, -0.2) is 9.55 Å². The highest BCUT2D eigenvalue weighted by atomic mass is 15.0. The van der Waals surface area contributed by atoms with Gasteiger partial charge in [-0.2, -0.15) is 0 Å². The van der Waals surface area contributed by atoms with E-state index in [1.54, 1.807) is 0 Å². The molecule has 1 aromatic heterocycles. The van der Waals surface area contributed by atoms with Crippen molar-refractivity contribution in [2.24, 2.45) is 0 Å². The van der Waals surface area contributed by atoms with Crippen LogP contribution < -0.4 is 0 Å². The van der Waals surface area contributed by atoms with Crippen LogP contribution in [-0.2, 0) is 6.54 Å². The number of unbranched alkanes of at least 4 members (excludes halogenated alkanes) is 4. The molecule has 1 radical (unpaired) electrons. The predicted octanol–water partition coefficient (Wildman–Crippen LogP) is 2.65. The molecule has 67 valence electrons. The lowest BCUT2D eigenvalue weighted by atomic mass is 10.1. The van der Waals surface area contributed by atoms with Gasteiger partial charge >= 0.3 is 0 Å². The Morgan fingerprint density at radius 1 is 1.25 bits per heavy atom. The molecule has 12 heavy (non-hydrogen) atoms. The van der Waals surface area contributed by atoms with Gasteiger partial charge in [0.15, 0.2) is 0 Å². The minimum atomic E-state index is 1.10. The molecule has 0 bridgehead atoms. The molecule has 0 unspecified atom stereocenters. The van der Waals surface area contributed by atoms with E-state index in [0.29, 0.717) is 0 Å². The van der Waals surface area contributed by atoms with Crippen molar-refractivity contribution in [3.05, 3.63) is 18.7 Å². The summed E-state index contributed by atoms with van der Waals surface area (Å²) < 4.78 is 2.09. The van der Waals surface area contributed by atoms with E-state index in [-0.39, 0.29) is 0 Å². The number of aryl methyl sites for hydroxylation is 1. The van der Waals surface area contributed by atoms with Crippen molar-refractivity contribution >= 4 is 0 Å². The van der Waals surface area contributed by atoms with Crippen molar-refractivity contribution in [1.29, 1.82) is 0 Å². The van der Waals surface area contributed by atoms with Gasteiger partial charge in [0.1, 0.15) is 6.20 Å². The molecular formula is C10H17N2. The van der Waals surface area contributed by atoms with Crippen LogP contribution in [0.2, 0.25) is 0 Å². The van der Waals surface area contributed by atoms with Gasteiger partial charge in [0, 0.05) is 12.7 Å². The third-order valence-corrected chi connectivity index (χ3v) is 2.02. The maximum absolute atomic E-state index is 3.88. The van der Waals surface area contributed by atoms with Crippen LogP contribution in [0.3, 0.4) is 0 Å². The molecule has 0 aliphatic heterocycles. The average Bonchev–Trinajstić information content (AvgIpc) is 2.57. The minimum Gasteiger partial charge on any atom is -0.337 e. The normalized spacial score (nSPS) is 10.4. The highest BCUT2D eigenvalue weighted by Gasteiger charge is 1.90. The second-order valence-corrected chi connectivity index (χ2v) is 3.15. The van der Waals surface area contributed by atoms with Gasteiger partial charge < -0.3 is 4.57 Å². The van der Waals surface area contributed by atoms with Crippen LogP contribution in [0.15, 0.2) is 12.5 Å². The van der Waals surface area contributed by atoms with E-state index >= 15 is 0 Å². The Labute approximate surface area is 74.6 Å². The van der Waals surface area contributed by atoms with E-state index < -0.39 is 0 Å². The number of hydrogen-bond donors (Lipinski definition) is 0. The summed E-state index contributed by atoms with van der Waals surface area (Å²) in [7, 11) is 0. The molecule has 1 heterocycles. The third kappa shape index (κ3) is 3.56. The highest BCUT2D eigenvalue weighted by molar-refractivity contribution is 4.71. The van der Waals surface area contributed by atoms with Gasteiger partial charge in [-0.25, -0.2) is 4.98 Å². The lowest BCUT2D eigenvalue weighted by Gasteiger charge is -2.00.